The molecule has 1 fully saturated rings. The first kappa shape index (κ1) is 25.1. The second-order valence-electron chi connectivity index (χ2n) is 6.97. The minimum absolute atomic E-state index is 0. The minimum atomic E-state index is -3.15. The number of hydrogen-bond donors (Lipinski definition) is 3. The van der Waals surface area contributed by atoms with Gasteiger partial charge in [-0.3, -0.25) is 9.89 Å². The van der Waals surface area contributed by atoms with Gasteiger partial charge in [0.25, 0.3) is 0 Å². The van der Waals surface area contributed by atoms with E-state index in [0.29, 0.717) is 25.2 Å². The molecule has 1 saturated heterocycles. The molecule has 1 aromatic carbocycles. The number of sulfonamides is 1. The molecule has 0 amide bonds. The summed E-state index contributed by atoms with van der Waals surface area (Å²) in [6.45, 7) is 6.78. The van der Waals surface area contributed by atoms with Gasteiger partial charge in [-0.25, -0.2) is 13.1 Å². The maximum Gasteiger partial charge on any atom is 0.211 e. The molecule has 7 nitrogen and oxygen atoms in total. The Morgan fingerprint density at radius 2 is 1.96 bits per heavy atom. The van der Waals surface area contributed by atoms with Crippen LogP contribution in [-0.2, 0) is 16.6 Å². The number of nitrogens with one attached hydrogen (secondary N) is 3. The predicted octanol–water partition coefficient (Wildman–Crippen LogP) is 1.76. The lowest BCUT2D eigenvalue weighted by Crippen LogP contribution is -2.52. The average Bonchev–Trinajstić information content (AvgIpc) is 2.67. The van der Waals surface area contributed by atoms with Crippen molar-refractivity contribution in [2.75, 3.05) is 32.4 Å². The second-order valence-corrected chi connectivity index (χ2v) is 9.06. The molecule has 1 heterocycles. The predicted molar refractivity (Wildman–Crippen MR) is 127 cm³/mol. The van der Waals surface area contributed by atoms with Gasteiger partial charge >= 0.3 is 0 Å². The summed E-state index contributed by atoms with van der Waals surface area (Å²) in [6, 6.07) is 11.4. The van der Waals surface area contributed by atoms with Crippen molar-refractivity contribution >= 4 is 40.0 Å². The van der Waals surface area contributed by atoms with Crippen molar-refractivity contribution in [3.63, 3.8) is 0 Å². The fourth-order valence-electron chi connectivity index (χ4n) is 3.28. The lowest BCUT2D eigenvalue weighted by Gasteiger charge is -2.38. The maximum absolute atomic E-state index is 11.4. The van der Waals surface area contributed by atoms with Crippen LogP contribution in [0.25, 0.3) is 0 Å². The molecule has 2 rings (SSSR count). The van der Waals surface area contributed by atoms with Crippen LogP contribution in [0.4, 0.5) is 0 Å². The first-order valence-electron chi connectivity index (χ1n) is 9.66. The Labute approximate surface area is 186 Å². The van der Waals surface area contributed by atoms with Gasteiger partial charge in [-0.1, -0.05) is 30.3 Å². The zero-order valence-corrected chi connectivity index (χ0v) is 20.2. The molecule has 1 aliphatic rings. The molecular formula is C19H34IN5O2S. The molecule has 1 aromatic rings. The first-order chi connectivity index (χ1) is 12.9. The van der Waals surface area contributed by atoms with Crippen molar-refractivity contribution in [2.24, 2.45) is 4.99 Å². The molecule has 0 radical (unpaired) electrons. The Morgan fingerprint density at radius 1 is 1.25 bits per heavy atom. The Hall–Kier alpha value is -0.910. The number of guanidine groups is 1. The summed E-state index contributed by atoms with van der Waals surface area (Å²) in [5.41, 5.74) is 1.35. The van der Waals surface area contributed by atoms with Crippen LogP contribution >= 0.6 is 24.0 Å². The lowest BCUT2D eigenvalue weighted by atomic mass is 9.97. The van der Waals surface area contributed by atoms with Crippen molar-refractivity contribution in [1.82, 2.24) is 20.3 Å². The Bertz CT molecular complexity index is 700. The molecule has 0 spiro atoms. The summed E-state index contributed by atoms with van der Waals surface area (Å²) < 4.78 is 25.4. The summed E-state index contributed by atoms with van der Waals surface area (Å²) in [5.74, 6) is 0.818. The van der Waals surface area contributed by atoms with Crippen LogP contribution in [0.2, 0.25) is 0 Å². The van der Waals surface area contributed by atoms with Gasteiger partial charge in [0.15, 0.2) is 5.96 Å². The summed E-state index contributed by atoms with van der Waals surface area (Å²) >= 11 is 0. The lowest BCUT2D eigenvalue weighted by molar-refractivity contribution is 0.134. The molecule has 2 unspecified atom stereocenters. The van der Waals surface area contributed by atoms with E-state index in [2.05, 4.69) is 62.5 Å². The van der Waals surface area contributed by atoms with E-state index in [0.717, 1.165) is 31.9 Å². The van der Waals surface area contributed by atoms with Crippen molar-refractivity contribution in [3.8, 4) is 0 Å². The third kappa shape index (κ3) is 8.62. The van der Waals surface area contributed by atoms with E-state index in [1.54, 1.807) is 14.0 Å². The van der Waals surface area contributed by atoms with Gasteiger partial charge in [-0.05, 0) is 32.3 Å². The van der Waals surface area contributed by atoms with Crippen LogP contribution in [0.1, 0.15) is 32.3 Å². The number of hydrogen-bond acceptors (Lipinski definition) is 4. The quantitative estimate of drug-likeness (QED) is 0.209. The third-order valence-corrected chi connectivity index (χ3v) is 6.33. The molecule has 160 valence electrons. The Morgan fingerprint density at radius 3 is 2.57 bits per heavy atom. The fraction of sp³-hybridized carbons (Fsp3) is 0.632. The van der Waals surface area contributed by atoms with E-state index >= 15 is 0 Å². The molecule has 2 atom stereocenters. The van der Waals surface area contributed by atoms with Crippen LogP contribution in [-0.4, -0.2) is 63.8 Å². The number of piperidine rings is 1. The second kappa shape index (κ2) is 12.6. The van der Waals surface area contributed by atoms with E-state index in [4.69, 9.17) is 0 Å². The summed E-state index contributed by atoms with van der Waals surface area (Å²) in [5, 5.41) is 6.64. The van der Waals surface area contributed by atoms with Crippen LogP contribution in [0.3, 0.4) is 0 Å². The van der Waals surface area contributed by atoms with E-state index in [1.165, 1.54) is 5.56 Å². The van der Waals surface area contributed by atoms with Gasteiger partial charge < -0.3 is 10.6 Å². The maximum atomic E-state index is 11.4. The van der Waals surface area contributed by atoms with Gasteiger partial charge in [0.2, 0.25) is 10.0 Å². The smallest absolute Gasteiger partial charge is 0.211 e. The molecule has 28 heavy (non-hydrogen) atoms. The normalized spacial score (nSPS) is 21.0. The highest BCUT2D eigenvalue weighted by molar-refractivity contribution is 14.0. The topological polar surface area (TPSA) is 85.8 Å². The van der Waals surface area contributed by atoms with Crippen molar-refractivity contribution in [2.45, 2.75) is 45.3 Å². The van der Waals surface area contributed by atoms with Gasteiger partial charge in [0, 0.05) is 45.3 Å². The number of halogens is 1. The van der Waals surface area contributed by atoms with Crippen LogP contribution < -0.4 is 15.4 Å². The van der Waals surface area contributed by atoms with Crippen molar-refractivity contribution < 1.29 is 8.42 Å². The SMILES string of the molecule is CCS(=O)(=O)NCCNC(=NC)NC1CCN(Cc2ccccc2)C(C)C1.I. The Balaban J connectivity index is 0.00000392. The fourth-order valence-corrected chi connectivity index (χ4v) is 3.90. The van der Waals surface area contributed by atoms with E-state index < -0.39 is 10.0 Å². The molecule has 0 saturated carbocycles. The van der Waals surface area contributed by atoms with Gasteiger partial charge in [0.1, 0.15) is 0 Å². The van der Waals surface area contributed by atoms with E-state index in [-0.39, 0.29) is 29.7 Å². The highest BCUT2D eigenvalue weighted by Crippen LogP contribution is 2.19. The third-order valence-electron chi connectivity index (χ3n) is 4.93. The molecule has 0 bridgehead atoms. The monoisotopic (exact) mass is 523 g/mol. The molecule has 3 N–H and O–H groups in total. The molecule has 1 aliphatic heterocycles. The standard InChI is InChI=1S/C19H33N5O2S.HI/c1-4-27(25,26)22-12-11-21-19(20-3)23-18-10-13-24(16(2)14-18)15-17-8-6-5-7-9-17;/h5-9,16,18,22H,4,10-15H2,1-3H3,(H2,20,21,23);1H. The molecule has 0 aromatic heterocycles. The van der Waals surface area contributed by atoms with Crippen molar-refractivity contribution in [1.29, 1.82) is 0 Å². The average molecular weight is 523 g/mol. The van der Waals surface area contributed by atoms with E-state index in [9.17, 15) is 8.42 Å². The number of likely N-dealkylation sites (tertiary alicyclic amines) is 1. The number of nitrogens with zero attached hydrogens (tertiary/aromatic N) is 2. The highest BCUT2D eigenvalue weighted by Gasteiger charge is 2.25. The van der Waals surface area contributed by atoms with Crippen molar-refractivity contribution in [3.05, 3.63) is 35.9 Å². The zero-order chi connectivity index (χ0) is 19.7. The minimum Gasteiger partial charge on any atom is -0.355 e. The van der Waals surface area contributed by atoms with Crippen LogP contribution in [0.5, 0.6) is 0 Å². The van der Waals surface area contributed by atoms with Crippen LogP contribution in [0.15, 0.2) is 35.3 Å². The van der Waals surface area contributed by atoms with Gasteiger partial charge in [-0.2, -0.15) is 0 Å². The van der Waals surface area contributed by atoms with Gasteiger partial charge in [-0.15, -0.1) is 24.0 Å². The Kier molecular flexibility index (Phi) is 11.3. The first-order valence-corrected chi connectivity index (χ1v) is 11.3. The number of aliphatic imine (C=N–C) groups is 1. The zero-order valence-electron chi connectivity index (χ0n) is 17.0. The highest BCUT2D eigenvalue weighted by atomic mass is 127. The number of rotatable bonds is 8. The molecular weight excluding hydrogens is 489 g/mol. The van der Waals surface area contributed by atoms with E-state index in [1.807, 2.05) is 0 Å². The summed E-state index contributed by atoms with van der Waals surface area (Å²) in [6.07, 6.45) is 2.11. The van der Waals surface area contributed by atoms with Gasteiger partial charge in [0.05, 0.1) is 5.75 Å². The summed E-state index contributed by atoms with van der Waals surface area (Å²) in [4.78, 5) is 6.77. The largest absolute Gasteiger partial charge is 0.355 e. The number of benzene rings is 1. The summed E-state index contributed by atoms with van der Waals surface area (Å²) in [7, 11) is -1.41. The molecule has 0 aliphatic carbocycles. The molecule has 9 heteroatoms. The van der Waals surface area contributed by atoms with Crippen LogP contribution in [0, 0.1) is 0 Å².